The molecule has 0 saturated carbocycles. The maximum absolute atomic E-state index is 8.91. The lowest BCUT2D eigenvalue weighted by Gasteiger charge is -2.35. The van der Waals surface area contributed by atoms with Crippen molar-refractivity contribution in [2.24, 2.45) is 0 Å². The van der Waals surface area contributed by atoms with Crippen LogP contribution in [0.4, 0.5) is 0 Å². The normalized spacial score (nSPS) is 11.3. The predicted molar refractivity (Wildman–Crippen MR) is 151 cm³/mol. The predicted octanol–water partition coefficient (Wildman–Crippen LogP) is 2.21. The van der Waals surface area contributed by atoms with E-state index in [1.807, 2.05) is 0 Å². The number of hydrogen-bond acceptors (Lipinski definition) is 1. The zero-order valence-corrected chi connectivity index (χ0v) is 26.9. The summed E-state index contributed by atoms with van der Waals surface area (Å²) in [5.74, 6) is 0. The van der Waals surface area contributed by atoms with Crippen LogP contribution in [0.25, 0.3) is 0 Å². The van der Waals surface area contributed by atoms with Gasteiger partial charge in [0, 0.05) is 0 Å². The van der Waals surface area contributed by atoms with E-state index in [2.05, 4.69) is 48.7 Å². The van der Waals surface area contributed by atoms with E-state index in [-0.39, 0.29) is 24.8 Å². The molecule has 0 aliphatic rings. The van der Waals surface area contributed by atoms with Crippen molar-refractivity contribution in [2.45, 2.75) is 137 Å². The van der Waals surface area contributed by atoms with Gasteiger partial charge >= 0.3 is 0 Å². The second kappa shape index (κ2) is 30.7. The first kappa shape index (κ1) is 42.5. The molecule has 0 aromatic heterocycles. The first-order valence-corrected chi connectivity index (χ1v) is 15.1. The molecule has 0 aliphatic carbocycles. The second-order valence-electron chi connectivity index (χ2n) is 11.1. The van der Waals surface area contributed by atoms with Gasteiger partial charge in [-0.15, -0.1) is 0 Å². The van der Waals surface area contributed by atoms with Gasteiger partial charge in [0.05, 0.1) is 53.4 Å². The van der Waals surface area contributed by atoms with Gasteiger partial charge in [-0.1, -0.05) is 90.9 Å². The molecule has 5 heteroatoms. The van der Waals surface area contributed by atoms with E-state index in [0.717, 1.165) is 11.0 Å². The van der Waals surface area contributed by atoms with E-state index >= 15 is 0 Å². The number of aliphatic hydroxyl groups excluding tert-OH is 1. The molecule has 218 valence electrons. The summed E-state index contributed by atoms with van der Waals surface area (Å²) in [4.78, 5) is 0. The molecule has 0 fully saturated rings. The minimum absolute atomic E-state index is 0. The van der Waals surface area contributed by atoms with Crippen LogP contribution in [-0.2, 0) is 0 Å². The number of halogens is 2. The molecular formula is C30H68Cl2N2O. The number of unbranched alkanes of at least 4 members (excludes halogenated alkanes) is 14. The lowest BCUT2D eigenvalue weighted by atomic mass is 10.1. The molecule has 0 aromatic rings. The van der Waals surface area contributed by atoms with Crippen molar-refractivity contribution in [2.75, 3.05) is 60.0 Å². The van der Waals surface area contributed by atoms with Crippen LogP contribution in [0.3, 0.4) is 0 Å². The van der Waals surface area contributed by atoms with Crippen LogP contribution in [0.2, 0.25) is 0 Å². The highest BCUT2D eigenvalue weighted by molar-refractivity contribution is 4.48. The van der Waals surface area contributed by atoms with Gasteiger partial charge in [-0.2, -0.15) is 0 Å². The fourth-order valence-corrected chi connectivity index (χ4v) is 4.78. The van der Waals surface area contributed by atoms with Crippen molar-refractivity contribution in [1.82, 2.24) is 0 Å². The van der Waals surface area contributed by atoms with Gasteiger partial charge < -0.3 is 38.9 Å². The van der Waals surface area contributed by atoms with Crippen LogP contribution in [0.5, 0.6) is 0 Å². The Morgan fingerprint density at radius 2 is 0.743 bits per heavy atom. The molecule has 0 rings (SSSR count). The average molecular weight is 544 g/mol. The van der Waals surface area contributed by atoms with Crippen molar-refractivity contribution < 1.29 is 38.9 Å². The molecule has 3 nitrogen and oxygen atoms in total. The summed E-state index contributed by atoms with van der Waals surface area (Å²) in [6, 6.07) is 0. The van der Waals surface area contributed by atoms with Crippen molar-refractivity contribution in [3.8, 4) is 0 Å². The summed E-state index contributed by atoms with van der Waals surface area (Å²) in [7, 11) is 4.41. The molecule has 0 aromatic carbocycles. The molecule has 0 aliphatic heterocycles. The third-order valence-corrected chi connectivity index (χ3v) is 7.82. The highest BCUT2D eigenvalue weighted by Crippen LogP contribution is 2.13. The van der Waals surface area contributed by atoms with Crippen LogP contribution in [-0.4, -0.2) is 74.0 Å². The van der Waals surface area contributed by atoms with E-state index in [1.54, 1.807) is 0 Å². The highest BCUT2D eigenvalue weighted by Gasteiger charge is 2.19. The van der Waals surface area contributed by atoms with E-state index in [0.29, 0.717) is 6.61 Å². The van der Waals surface area contributed by atoms with Gasteiger partial charge in [0.25, 0.3) is 0 Å². The molecule has 1 N–H and O–H groups in total. The Morgan fingerprint density at radius 3 is 1.06 bits per heavy atom. The maximum atomic E-state index is 8.91. The summed E-state index contributed by atoms with van der Waals surface area (Å²) in [5.41, 5.74) is 0. The van der Waals surface area contributed by atoms with Crippen molar-refractivity contribution in [1.29, 1.82) is 0 Å². The summed E-state index contributed by atoms with van der Waals surface area (Å²) in [6.07, 6.45) is 22.6. The lowest BCUT2D eigenvalue weighted by Crippen LogP contribution is -3.00. The number of rotatable bonds is 23. The minimum atomic E-state index is 0. The van der Waals surface area contributed by atoms with Gasteiger partial charge in [0.15, 0.2) is 0 Å². The number of nitrogens with zero attached hydrogens (tertiary/aromatic N) is 2. The maximum Gasteiger partial charge on any atom is 0.102 e. The number of hydrogen-bond donors (Lipinski definition) is 1. The van der Waals surface area contributed by atoms with Gasteiger partial charge in [0.1, 0.15) is 6.54 Å². The average Bonchev–Trinajstić information content (AvgIpc) is 2.81. The molecule has 0 radical (unpaired) electrons. The summed E-state index contributed by atoms with van der Waals surface area (Å²) < 4.78 is 2.29. The molecule has 35 heavy (non-hydrogen) atoms. The van der Waals surface area contributed by atoms with Crippen LogP contribution in [0.15, 0.2) is 0 Å². The van der Waals surface area contributed by atoms with E-state index in [9.17, 15) is 0 Å². The smallest absolute Gasteiger partial charge is 0.102 e. The SMILES string of the molecule is CCCCCCCCCC[N+](C)(C)CCO.CCCCCCCCCC[N+](CC)(CC)CC.[Cl-].[Cl-]. The van der Waals surface area contributed by atoms with Gasteiger partial charge in [-0.05, 0) is 46.5 Å². The van der Waals surface area contributed by atoms with Crippen molar-refractivity contribution >= 4 is 0 Å². The molecular weight excluding hydrogens is 475 g/mol. The third-order valence-electron chi connectivity index (χ3n) is 7.82. The molecule has 0 saturated heterocycles. The van der Waals surface area contributed by atoms with Crippen molar-refractivity contribution in [3.63, 3.8) is 0 Å². The first-order chi connectivity index (χ1) is 15.9. The number of quaternary nitrogens is 2. The van der Waals surface area contributed by atoms with Crippen LogP contribution in [0, 0.1) is 0 Å². The Kier molecular flexibility index (Phi) is 37.3. The summed E-state index contributed by atoms with van der Waals surface area (Å²) in [5, 5.41) is 8.91. The largest absolute Gasteiger partial charge is 1.00 e. The second-order valence-corrected chi connectivity index (χ2v) is 11.1. The van der Waals surface area contributed by atoms with E-state index in [1.165, 1.54) is 140 Å². The Balaban J connectivity index is -0.000000260. The molecule has 0 atom stereocenters. The van der Waals surface area contributed by atoms with Crippen LogP contribution in [0.1, 0.15) is 137 Å². The fourth-order valence-electron chi connectivity index (χ4n) is 4.78. The molecule has 0 amide bonds. The fraction of sp³-hybridized carbons (Fsp3) is 1.00. The standard InChI is InChI=1S/C16H36N.C14H32NO.2ClH/c1-5-9-10-11-12-13-14-15-16-17(6-2,7-3)8-4;1-4-5-6-7-8-9-10-11-12-15(2,3)13-14-16;;/h5-16H2,1-4H3;16H,4-14H2,1-3H3;2*1H/q2*+1;;/p-2. The van der Waals surface area contributed by atoms with Crippen LogP contribution >= 0.6 is 0 Å². The van der Waals surface area contributed by atoms with E-state index in [4.69, 9.17) is 5.11 Å². The Bertz CT molecular complexity index is 369. The molecule has 0 unspecified atom stereocenters. The Labute approximate surface area is 235 Å². The third kappa shape index (κ3) is 28.9. The van der Waals surface area contributed by atoms with Gasteiger partial charge in [-0.3, -0.25) is 0 Å². The summed E-state index contributed by atoms with van der Waals surface area (Å²) >= 11 is 0. The van der Waals surface area contributed by atoms with E-state index < -0.39 is 0 Å². The Hall–Kier alpha value is 0.460. The minimum Gasteiger partial charge on any atom is -1.00 e. The molecule has 0 heterocycles. The topological polar surface area (TPSA) is 20.2 Å². The lowest BCUT2D eigenvalue weighted by molar-refractivity contribution is -0.923. The van der Waals surface area contributed by atoms with Crippen molar-refractivity contribution in [3.05, 3.63) is 0 Å². The first-order valence-electron chi connectivity index (χ1n) is 15.1. The van der Waals surface area contributed by atoms with Gasteiger partial charge in [0.2, 0.25) is 0 Å². The Morgan fingerprint density at radius 1 is 0.429 bits per heavy atom. The molecule has 0 bridgehead atoms. The number of likely N-dealkylation sites (N-methyl/N-ethyl adjacent to an activating group) is 1. The summed E-state index contributed by atoms with van der Waals surface area (Å²) in [6.45, 7) is 19.3. The van der Waals surface area contributed by atoms with Crippen LogP contribution < -0.4 is 24.8 Å². The monoisotopic (exact) mass is 542 g/mol. The zero-order valence-electron chi connectivity index (χ0n) is 25.4. The van der Waals surface area contributed by atoms with Gasteiger partial charge in [-0.25, -0.2) is 0 Å². The molecule has 0 spiro atoms. The number of aliphatic hydroxyl groups is 1. The highest BCUT2D eigenvalue weighted by atomic mass is 35.5. The zero-order chi connectivity index (χ0) is 25.3. The quantitative estimate of drug-likeness (QED) is 0.155.